The number of carbonyl (C=O) groups is 4. The van der Waals surface area contributed by atoms with Gasteiger partial charge in [-0.2, -0.15) is 0 Å². The Morgan fingerprint density at radius 2 is 1.20 bits per heavy atom. The van der Waals surface area contributed by atoms with Crippen LogP contribution in [0, 0.1) is 0 Å². The van der Waals surface area contributed by atoms with Crippen LogP contribution < -0.4 is 11.5 Å². The zero-order valence-electron chi connectivity index (χ0n) is 23.6. The Balaban J connectivity index is 0. The maximum Gasteiger partial charge on any atom is 0.335 e. The summed E-state index contributed by atoms with van der Waals surface area (Å²) >= 11 is 0. The summed E-state index contributed by atoms with van der Waals surface area (Å²) < 4.78 is 30.6. The summed E-state index contributed by atoms with van der Waals surface area (Å²) in [5.41, 5.74) is 10.1. The number of aliphatic hydroxyl groups excluding tert-OH is 4. The first kappa shape index (κ1) is 39.7. The lowest BCUT2D eigenvalue weighted by atomic mass is 10.1. The molecule has 0 spiro atoms. The molecule has 8 N–H and O–H groups in total. The summed E-state index contributed by atoms with van der Waals surface area (Å²) in [6.45, 7) is -0.198. The Labute approximate surface area is 233 Å². The summed E-state index contributed by atoms with van der Waals surface area (Å²) in [6.07, 6.45) is -0.141. The second-order valence-corrected chi connectivity index (χ2v) is 8.23. The molecule has 0 aliphatic carbocycles. The average molecular weight is 587 g/mol. The monoisotopic (exact) mass is 586 g/mol. The number of aliphatic hydroxyl groups is 4. The zero-order valence-corrected chi connectivity index (χ0v) is 23.6. The van der Waals surface area contributed by atoms with Crippen molar-refractivity contribution in [3.63, 3.8) is 0 Å². The molecule has 6 unspecified atom stereocenters. The van der Waals surface area contributed by atoms with Crippen molar-refractivity contribution in [1.82, 2.24) is 0 Å². The van der Waals surface area contributed by atoms with Gasteiger partial charge in [0, 0.05) is 14.2 Å². The van der Waals surface area contributed by atoms with E-state index in [9.17, 15) is 19.2 Å². The van der Waals surface area contributed by atoms with Crippen molar-refractivity contribution in [3.8, 4) is 0 Å². The van der Waals surface area contributed by atoms with Gasteiger partial charge >= 0.3 is 11.9 Å². The first-order valence-electron chi connectivity index (χ1n) is 12.6. The van der Waals surface area contributed by atoms with E-state index in [-0.39, 0.29) is 38.3 Å². The summed E-state index contributed by atoms with van der Waals surface area (Å²) in [5.74, 6) is -2.63. The molecule has 6 atom stereocenters. The maximum absolute atomic E-state index is 11.5. The van der Waals surface area contributed by atoms with Crippen molar-refractivity contribution in [2.24, 2.45) is 11.5 Å². The van der Waals surface area contributed by atoms with E-state index in [0.717, 1.165) is 39.9 Å². The van der Waals surface area contributed by atoms with Gasteiger partial charge in [0.15, 0.2) is 18.7 Å². The number of ether oxygens (including phenoxy) is 6. The van der Waals surface area contributed by atoms with Crippen LogP contribution in [0.2, 0.25) is 0 Å². The van der Waals surface area contributed by atoms with Crippen LogP contribution in [0.1, 0.15) is 51.4 Å². The lowest BCUT2D eigenvalue weighted by Crippen LogP contribution is -2.41. The molecule has 2 amide bonds. The van der Waals surface area contributed by atoms with Gasteiger partial charge in [-0.3, -0.25) is 14.4 Å². The van der Waals surface area contributed by atoms with Gasteiger partial charge in [0.25, 0.3) is 0 Å². The molecule has 2 saturated heterocycles. The SMILES string of the molecule is CO.CO.COC(=O)CC(OC1CCCC(CO)O1)C(=O)OC.NC(=O)CC(OC1CCCC(CO)O1)C(N)=O. The van der Waals surface area contributed by atoms with Gasteiger partial charge in [-0.1, -0.05) is 0 Å². The van der Waals surface area contributed by atoms with E-state index in [1.807, 2.05) is 0 Å². The molecule has 0 bridgehead atoms. The second kappa shape index (κ2) is 24.4. The molecule has 2 aliphatic heterocycles. The van der Waals surface area contributed by atoms with Crippen LogP contribution >= 0.6 is 0 Å². The molecule has 0 aromatic carbocycles. The molecule has 0 saturated carbocycles. The van der Waals surface area contributed by atoms with Gasteiger partial charge in [-0.05, 0) is 38.5 Å². The van der Waals surface area contributed by atoms with E-state index >= 15 is 0 Å². The average Bonchev–Trinajstić information content (AvgIpc) is 2.98. The topological polar surface area (TPSA) is 257 Å². The fraction of sp³-hybridized carbons (Fsp3) is 0.833. The quantitative estimate of drug-likeness (QED) is 0.133. The Bertz CT molecular complexity index is 711. The van der Waals surface area contributed by atoms with E-state index in [1.54, 1.807) is 0 Å². The molecule has 2 rings (SSSR count). The predicted octanol–water partition coefficient (Wildman–Crippen LogP) is -2.17. The van der Waals surface area contributed by atoms with Gasteiger partial charge < -0.3 is 60.3 Å². The van der Waals surface area contributed by atoms with Crippen LogP contribution in [0.3, 0.4) is 0 Å². The highest BCUT2D eigenvalue weighted by Crippen LogP contribution is 2.22. The van der Waals surface area contributed by atoms with Crippen molar-refractivity contribution in [3.05, 3.63) is 0 Å². The minimum Gasteiger partial charge on any atom is -0.469 e. The molecule has 0 radical (unpaired) electrons. The summed E-state index contributed by atoms with van der Waals surface area (Å²) in [7, 11) is 4.45. The molecule has 0 aromatic rings. The van der Waals surface area contributed by atoms with Crippen molar-refractivity contribution in [2.75, 3.05) is 41.7 Å². The van der Waals surface area contributed by atoms with Crippen LogP contribution in [0.25, 0.3) is 0 Å². The molecular formula is C24H46N2O14. The van der Waals surface area contributed by atoms with E-state index in [2.05, 4.69) is 9.47 Å². The first-order chi connectivity index (χ1) is 19.1. The Kier molecular flexibility index (Phi) is 24.2. The van der Waals surface area contributed by atoms with Crippen molar-refractivity contribution in [1.29, 1.82) is 0 Å². The number of nitrogens with two attached hydrogens (primary N) is 2. The number of rotatable bonds is 12. The molecule has 2 aliphatic rings. The number of carbonyl (C=O) groups excluding carboxylic acids is 4. The van der Waals surface area contributed by atoms with Crippen molar-refractivity contribution in [2.45, 2.75) is 88.4 Å². The molecule has 0 aromatic heterocycles. The van der Waals surface area contributed by atoms with E-state index in [0.29, 0.717) is 12.8 Å². The fourth-order valence-corrected chi connectivity index (χ4v) is 3.51. The first-order valence-corrected chi connectivity index (χ1v) is 12.6. The lowest BCUT2D eigenvalue weighted by molar-refractivity contribution is -0.227. The predicted molar refractivity (Wildman–Crippen MR) is 137 cm³/mol. The third-order valence-corrected chi connectivity index (χ3v) is 5.41. The number of esters is 2. The molecule has 2 fully saturated rings. The highest BCUT2D eigenvalue weighted by atomic mass is 16.7. The van der Waals surface area contributed by atoms with Gasteiger partial charge in [-0.15, -0.1) is 0 Å². The van der Waals surface area contributed by atoms with E-state index < -0.39 is 48.5 Å². The largest absolute Gasteiger partial charge is 0.469 e. The number of hydrogen-bond donors (Lipinski definition) is 6. The fourth-order valence-electron chi connectivity index (χ4n) is 3.51. The second-order valence-electron chi connectivity index (χ2n) is 8.23. The molecule has 40 heavy (non-hydrogen) atoms. The Hall–Kier alpha value is -2.44. The number of amides is 2. The van der Waals surface area contributed by atoms with Crippen LogP contribution in [0.15, 0.2) is 0 Å². The lowest BCUT2D eigenvalue weighted by Gasteiger charge is -2.30. The van der Waals surface area contributed by atoms with Gasteiger partial charge in [0.1, 0.15) is 6.10 Å². The molecule has 16 heteroatoms. The minimum atomic E-state index is -1.07. The van der Waals surface area contributed by atoms with Gasteiger partial charge in [-0.25, -0.2) is 4.79 Å². The van der Waals surface area contributed by atoms with Crippen molar-refractivity contribution >= 4 is 23.8 Å². The summed E-state index contributed by atoms with van der Waals surface area (Å²) in [4.78, 5) is 44.5. The third kappa shape index (κ3) is 17.3. The number of primary amides is 2. The number of methoxy groups -OCH3 is 2. The molecular weight excluding hydrogens is 540 g/mol. The van der Waals surface area contributed by atoms with Crippen LogP contribution in [0.5, 0.6) is 0 Å². The van der Waals surface area contributed by atoms with Crippen molar-refractivity contribution < 1.29 is 68.0 Å². The third-order valence-electron chi connectivity index (χ3n) is 5.41. The highest BCUT2D eigenvalue weighted by molar-refractivity contribution is 5.85. The Morgan fingerprint density at radius 3 is 1.55 bits per heavy atom. The molecule has 16 nitrogen and oxygen atoms in total. The van der Waals surface area contributed by atoms with Gasteiger partial charge in [0.05, 0.1) is 52.5 Å². The highest BCUT2D eigenvalue weighted by Gasteiger charge is 2.31. The van der Waals surface area contributed by atoms with E-state index in [4.69, 9.17) is 50.8 Å². The normalized spacial score (nSPS) is 23.2. The zero-order chi connectivity index (χ0) is 31.1. The smallest absolute Gasteiger partial charge is 0.335 e. The van der Waals surface area contributed by atoms with Crippen LogP contribution in [-0.4, -0.2) is 123 Å². The molecule has 236 valence electrons. The summed E-state index contributed by atoms with van der Waals surface area (Å²) in [6, 6.07) is 0. The maximum atomic E-state index is 11.5. The van der Waals surface area contributed by atoms with Crippen LogP contribution in [-0.2, 0) is 47.6 Å². The molecule has 2 heterocycles. The van der Waals surface area contributed by atoms with Gasteiger partial charge in [0.2, 0.25) is 11.8 Å². The standard InChI is InChI=1S/C12H20O7.C10H18N2O5.2CH4O/c1-16-10(14)6-9(12(15)17-2)19-11-5-3-4-8(7-13)18-11;11-8(14)4-7(10(12)15)17-9-3-1-2-6(5-13)16-9;2*1-2/h8-9,11,13H,3-7H2,1-2H3;6-7,9,13H,1-5H2,(H2,11,14)(H2,12,15);2*2H,1H3. The summed E-state index contributed by atoms with van der Waals surface area (Å²) in [5, 5.41) is 32.0. The Morgan fingerprint density at radius 1 is 0.750 bits per heavy atom. The minimum absolute atomic E-state index is 0.0975. The van der Waals surface area contributed by atoms with Crippen LogP contribution in [0.4, 0.5) is 0 Å². The number of hydrogen-bond acceptors (Lipinski definition) is 14. The van der Waals surface area contributed by atoms with E-state index in [1.165, 1.54) is 14.2 Å².